The molecule has 0 bridgehead atoms. The molecule has 0 radical (unpaired) electrons. The van der Waals surface area contributed by atoms with Gasteiger partial charge in [-0.05, 0) is 72.1 Å². The number of hydrogen-bond acceptors (Lipinski definition) is 2. The van der Waals surface area contributed by atoms with Gasteiger partial charge in [-0.1, -0.05) is 12.1 Å². The summed E-state index contributed by atoms with van der Waals surface area (Å²) in [6.45, 7) is 4.31. The smallest absolute Gasteiger partial charge is 0.0233 e. The number of halogens is 1. The molecule has 1 aromatic rings. The van der Waals surface area contributed by atoms with E-state index in [0.29, 0.717) is 5.92 Å². The van der Waals surface area contributed by atoms with E-state index in [0.717, 1.165) is 13.1 Å². The zero-order chi connectivity index (χ0) is 11.4. The summed E-state index contributed by atoms with van der Waals surface area (Å²) in [5, 5.41) is 0. The van der Waals surface area contributed by atoms with Crippen LogP contribution in [0.25, 0.3) is 0 Å². The summed E-state index contributed by atoms with van der Waals surface area (Å²) in [7, 11) is 0. The van der Waals surface area contributed by atoms with Gasteiger partial charge in [0.2, 0.25) is 0 Å². The molecular weight excluding hydrogens is 311 g/mol. The lowest BCUT2D eigenvalue weighted by Gasteiger charge is -2.32. The van der Waals surface area contributed by atoms with Crippen LogP contribution in [0.3, 0.4) is 0 Å². The molecule has 1 unspecified atom stereocenters. The highest BCUT2D eigenvalue weighted by atomic mass is 127. The van der Waals surface area contributed by atoms with Crippen LogP contribution in [0, 0.1) is 9.49 Å². The van der Waals surface area contributed by atoms with Crippen molar-refractivity contribution in [3.63, 3.8) is 0 Å². The van der Waals surface area contributed by atoms with Crippen molar-refractivity contribution in [1.29, 1.82) is 0 Å². The van der Waals surface area contributed by atoms with Gasteiger partial charge in [-0.3, -0.25) is 4.90 Å². The monoisotopic (exact) mass is 330 g/mol. The second kappa shape index (κ2) is 5.98. The van der Waals surface area contributed by atoms with Gasteiger partial charge in [-0.15, -0.1) is 0 Å². The van der Waals surface area contributed by atoms with Gasteiger partial charge in [0.15, 0.2) is 0 Å². The van der Waals surface area contributed by atoms with Crippen LogP contribution in [0.4, 0.5) is 0 Å². The molecule has 1 heterocycles. The Kier molecular flexibility index (Phi) is 4.61. The van der Waals surface area contributed by atoms with Crippen molar-refractivity contribution < 1.29 is 0 Å². The standard InChI is InChI=1S/C13H19IN2/c14-13-5-3-11(4-6-13)9-16-7-1-2-12(8-15)10-16/h3-6,12H,1-2,7-10,15H2. The predicted molar refractivity (Wildman–Crippen MR) is 76.2 cm³/mol. The maximum absolute atomic E-state index is 5.75. The van der Waals surface area contributed by atoms with Crippen LogP contribution >= 0.6 is 22.6 Å². The minimum absolute atomic E-state index is 0.706. The zero-order valence-electron chi connectivity index (χ0n) is 9.53. The highest BCUT2D eigenvalue weighted by Crippen LogP contribution is 2.18. The van der Waals surface area contributed by atoms with E-state index in [2.05, 4.69) is 51.8 Å². The van der Waals surface area contributed by atoms with Crippen LogP contribution in [0.2, 0.25) is 0 Å². The molecule has 0 spiro atoms. The minimum Gasteiger partial charge on any atom is -0.330 e. The van der Waals surface area contributed by atoms with Crippen molar-refractivity contribution in [3.8, 4) is 0 Å². The van der Waals surface area contributed by atoms with Crippen molar-refractivity contribution in [1.82, 2.24) is 4.90 Å². The van der Waals surface area contributed by atoms with Crippen LogP contribution in [0.15, 0.2) is 24.3 Å². The Hall–Kier alpha value is -0.130. The van der Waals surface area contributed by atoms with E-state index in [4.69, 9.17) is 5.73 Å². The highest BCUT2D eigenvalue weighted by Gasteiger charge is 2.18. The molecule has 0 saturated carbocycles. The first-order valence-corrected chi connectivity index (χ1v) is 7.02. The Labute approximate surface area is 111 Å². The third-order valence-corrected chi connectivity index (χ3v) is 3.98. The van der Waals surface area contributed by atoms with E-state index in [1.807, 2.05) is 0 Å². The Morgan fingerprint density at radius 2 is 2.06 bits per heavy atom. The van der Waals surface area contributed by atoms with Crippen LogP contribution in [0.1, 0.15) is 18.4 Å². The number of nitrogens with two attached hydrogens (primary N) is 1. The third kappa shape index (κ3) is 3.43. The van der Waals surface area contributed by atoms with Gasteiger partial charge in [-0.2, -0.15) is 0 Å². The summed E-state index contributed by atoms with van der Waals surface area (Å²) in [5.74, 6) is 0.706. The molecule has 1 atom stereocenters. The summed E-state index contributed by atoms with van der Waals surface area (Å²) >= 11 is 2.35. The summed E-state index contributed by atoms with van der Waals surface area (Å²) in [5.41, 5.74) is 7.17. The molecule has 1 aromatic carbocycles. The molecule has 1 fully saturated rings. The lowest BCUT2D eigenvalue weighted by atomic mass is 9.98. The van der Waals surface area contributed by atoms with Gasteiger partial charge in [0.1, 0.15) is 0 Å². The number of piperidine rings is 1. The van der Waals surface area contributed by atoms with E-state index in [-0.39, 0.29) is 0 Å². The molecule has 2 rings (SSSR count). The lowest BCUT2D eigenvalue weighted by Crippen LogP contribution is -2.37. The molecule has 3 heteroatoms. The molecule has 0 aliphatic carbocycles. The van der Waals surface area contributed by atoms with E-state index in [1.165, 1.54) is 35.1 Å². The van der Waals surface area contributed by atoms with E-state index in [9.17, 15) is 0 Å². The summed E-state index contributed by atoms with van der Waals surface area (Å²) in [4.78, 5) is 2.53. The molecule has 1 saturated heterocycles. The van der Waals surface area contributed by atoms with Crippen LogP contribution in [0.5, 0.6) is 0 Å². The third-order valence-electron chi connectivity index (χ3n) is 3.26. The molecule has 2 nitrogen and oxygen atoms in total. The van der Waals surface area contributed by atoms with Gasteiger partial charge in [0.05, 0.1) is 0 Å². The van der Waals surface area contributed by atoms with Crippen molar-refractivity contribution in [2.75, 3.05) is 19.6 Å². The van der Waals surface area contributed by atoms with E-state index < -0.39 is 0 Å². The van der Waals surface area contributed by atoms with Gasteiger partial charge in [0, 0.05) is 16.7 Å². The molecule has 88 valence electrons. The van der Waals surface area contributed by atoms with Gasteiger partial charge in [-0.25, -0.2) is 0 Å². The fraction of sp³-hybridized carbons (Fsp3) is 0.538. The molecule has 1 aliphatic rings. The number of nitrogens with zero attached hydrogens (tertiary/aromatic N) is 1. The quantitative estimate of drug-likeness (QED) is 0.863. The van der Waals surface area contributed by atoms with Crippen LogP contribution in [-0.2, 0) is 6.54 Å². The average Bonchev–Trinajstić information content (AvgIpc) is 2.32. The van der Waals surface area contributed by atoms with Gasteiger partial charge < -0.3 is 5.73 Å². The molecule has 16 heavy (non-hydrogen) atoms. The van der Waals surface area contributed by atoms with Crippen molar-refractivity contribution in [3.05, 3.63) is 33.4 Å². The van der Waals surface area contributed by atoms with Gasteiger partial charge in [0.25, 0.3) is 0 Å². The van der Waals surface area contributed by atoms with Crippen molar-refractivity contribution >= 4 is 22.6 Å². The molecule has 0 amide bonds. The van der Waals surface area contributed by atoms with Crippen LogP contribution in [-0.4, -0.2) is 24.5 Å². The fourth-order valence-corrected chi connectivity index (χ4v) is 2.69. The Bertz CT molecular complexity index is 323. The predicted octanol–water partition coefficient (Wildman–Crippen LogP) is 2.46. The van der Waals surface area contributed by atoms with Crippen LogP contribution < -0.4 is 5.73 Å². The van der Waals surface area contributed by atoms with Crippen molar-refractivity contribution in [2.45, 2.75) is 19.4 Å². The lowest BCUT2D eigenvalue weighted by molar-refractivity contribution is 0.171. The number of rotatable bonds is 3. The highest BCUT2D eigenvalue weighted by molar-refractivity contribution is 14.1. The first-order chi connectivity index (χ1) is 7.78. The Balaban J connectivity index is 1.91. The Morgan fingerprint density at radius 3 is 2.75 bits per heavy atom. The number of likely N-dealkylation sites (tertiary alicyclic amines) is 1. The second-order valence-electron chi connectivity index (χ2n) is 4.61. The van der Waals surface area contributed by atoms with Gasteiger partial charge >= 0.3 is 0 Å². The maximum atomic E-state index is 5.75. The topological polar surface area (TPSA) is 29.3 Å². The minimum atomic E-state index is 0.706. The van der Waals surface area contributed by atoms with Crippen molar-refractivity contribution in [2.24, 2.45) is 11.7 Å². The zero-order valence-corrected chi connectivity index (χ0v) is 11.7. The first kappa shape index (κ1) is 12.3. The number of hydrogen-bond donors (Lipinski definition) is 1. The average molecular weight is 330 g/mol. The molecule has 2 N–H and O–H groups in total. The largest absolute Gasteiger partial charge is 0.330 e. The first-order valence-electron chi connectivity index (χ1n) is 5.95. The molecular formula is C13H19IN2. The second-order valence-corrected chi connectivity index (χ2v) is 5.85. The Morgan fingerprint density at radius 1 is 1.31 bits per heavy atom. The van der Waals surface area contributed by atoms with E-state index >= 15 is 0 Å². The normalized spacial score (nSPS) is 22.2. The summed E-state index contributed by atoms with van der Waals surface area (Å²) < 4.78 is 1.31. The number of benzene rings is 1. The maximum Gasteiger partial charge on any atom is 0.0233 e. The summed E-state index contributed by atoms with van der Waals surface area (Å²) in [6, 6.07) is 8.82. The molecule has 0 aromatic heterocycles. The van der Waals surface area contributed by atoms with E-state index in [1.54, 1.807) is 0 Å². The SMILES string of the molecule is NCC1CCCN(Cc2ccc(I)cc2)C1. The summed E-state index contributed by atoms with van der Waals surface area (Å²) in [6.07, 6.45) is 2.60. The molecule has 1 aliphatic heterocycles. The fourth-order valence-electron chi connectivity index (χ4n) is 2.34.